The van der Waals surface area contributed by atoms with Gasteiger partial charge in [-0.25, -0.2) is 13.8 Å². The molecular formula is C23H29F2N5O2. The molecule has 1 saturated heterocycles. The first-order valence-electron chi connectivity index (χ1n) is 11.0. The van der Waals surface area contributed by atoms with Crippen LogP contribution in [0.25, 0.3) is 0 Å². The molecule has 1 aliphatic carbocycles. The van der Waals surface area contributed by atoms with Crippen LogP contribution in [0.4, 0.5) is 20.5 Å². The summed E-state index contributed by atoms with van der Waals surface area (Å²) in [7, 11) is 1.56. The number of rotatable bonds is 9. The lowest BCUT2D eigenvalue weighted by atomic mass is 10.1. The number of aromatic nitrogens is 2. The van der Waals surface area contributed by atoms with Crippen molar-refractivity contribution in [2.45, 2.75) is 44.8 Å². The molecule has 1 aromatic heterocycles. The van der Waals surface area contributed by atoms with Gasteiger partial charge in [-0.15, -0.1) is 0 Å². The zero-order valence-corrected chi connectivity index (χ0v) is 18.4. The molecule has 0 unspecified atom stereocenters. The second kappa shape index (κ2) is 9.67. The number of amides is 1. The Morgan fingerprint density at radius 2 is 2.00 bits per heavy atom. The molecule has 0 bridgehead atoms. The lowest BCUT2D eigenvalue weighted by Crippen LogP contribution is -2.28. The number of nitrogens with zero attached hydrogens (tertiary/aromatic N) is 4. The third-order valence-electron chi connectivity index (χ3n) is 5.84. The molecule has 1 saturated carbocycles. The summed E-state index contributed by atoms with van der Waals surface area (Å²) < 4.78 is 31.4. The molecule has 0 spiro atoms. The number of benzene rings is 1. The Morgan fingerprint density at radius 1 is 1.25 bits per heavy atom. The summed E-state index contributed by atoms with van der Waals surface area (Å²) >= 11 is 0. The third-order valence-corrected chi connectivity index (χ3v) is 5.84. The van der Waals surface area contributed by atoms with Crippen LogP contribution < -0.4 is 19.9 Å². The molecule has 0 radical (unpaired) electrons. The second-order valence-electron chi connectivity index (χ2n) is 8.53. The summed E-state index contributed by atoms with van der Waals surface area (Å²) in [6.07, 6.45) is 1.97. The highest BCUT2D eigenvalue weighted by Gasteiger charge is 2.30. The number of ether oxygens (including phenoxy) is 1. The maximum Gasteiger partial charge on any atom is 0.255 e. The van der Waals surface area contributed by atoms with Gasteiger partial charge in [0.25, 0.3) is 6.43 Å². The molecule has 1 aliphatic heterocycles. The van der Waals surface area contributed by atoms with E-state index >= 15 is 0 Å². The van der Waals surface area contributed by atoms with E-state index in [2.05, 4.69) is 20.2 Å². The summed E-state index contributed by atoms with van der Waals surface area (Å²) in [5, 5.41) is 3.05. The Labute approximate surface area is 186 Å². The first kappa shape index (κ1) is 22.2. The Hall–Kier alpha value is -2.97. The fourth-order valence-corrected chi connectivity index (χ4v) is 3.81. The standard InChI is InChI=1S/C23H29F2N5O2/c1-15(27-22(31)17-3-4-17)16-5-7-18(8-6-16)32-19-10-12-30(13-19)21-9-11-26-23(28-21)29(2)14-20(24)25/h5-9,11,15,17,19-20H,3-4,10,12-14H2,1-2H3,(H,27,31)/t15-,19+/m0/s1. The lowest BCUT2D eigenvalue weighted by molar-refractivity contribution is -0.122. The van der Waals surface area contributed by atoms with E-state index < -0.39 is 13.0 Å². The van der Waals surface area contributed by atoms with Crippen LogP contribution in [0.5, 0.6) is 5.75 Å². The van der Waals surface area contributed by atoms with Gasteiger partial charge in [0.1, 0.15) is 17.7 Å². The van der Waals surface area contributed by atoms with Crippen molar-refractivity contribution in [2.24, 2.45) is 5.92 Å². The minimum atomic E-state index is -2.44. The van der Waals surface area contributed by atoms with Gasteiger partial charge in [0.15, 0.2) is 0 Å². The van der Waals surface area contributed by atoms with Crippen LogP contribution in [0.1, 0.15) is 37.8 Å². The Kier molecular flexibility index (Phi) is 6.72. The monoisotopic (exact) mass is 445 g/mol. The fourth-order valence-electron chi connectivity index (χ4n) is 3.81. The van der Waals surface area contributed by atoms with E-state index in [-0.39, 0.29) is 29.9 Å². The van der Waals surface area contributed by atoms with E-state index in [4.69, 9.17) is 4.74 Å². The van der Waals surface area contributed by atoms with E-state index in [1.54, 1.807) is 19.3 Å². The Morgan fingerprint density at radius 3 is 2.69 bits per heavy atom. The molecule has 2 fully saturated rings. The largest absolute Gasteiger partial charge is 0.489 e. The zero-order chi connectivity index (χ0) is 22.7. The number of carbonyl (C=O) groups excluding carboxylic acids is 1. The van der Waals surface area contributed by atoms with Crippen molar-refractivity contribution in [1.82, 2.24) is 15.3 Å². The molecule has 1 aromatic carbocycles. The SMILES string of the molecule is C[C@H](NC(=O)C1CC1)c1ccc(O[C@@H]2CCN(c3ccnc(N(C)CC(F)F)n3)C2)cc1. The molecule has 2 heterocycles. The van der Waals surface area contributed by atoms with E-state index in [0.717, 1.165) is 37.1 Å². The van der Waals surface area contributed by atoms with Crippen molar-refractivity contribution in [3.8, 4) is 5.75 Å². The number of hydrogen-bond donors (Lipinski definition) is 1. The summed E-state index contributed by atoms with van der Waals surface area (Å²) in [6.45, 7) is 3.00. The van der Waals surface area contributed by atoms with Crippen LogP contribution in [0.15, 0.2) is 36.5 Å². The van der Waals surface area contributed by atoms with E-state index in [1.165, 1.54) is 4.90 Å². The quantitative estimate of drug-likeness (QED) is 0.638. The molecule has 4 rings (SSSR count). The molecule has 9 heteroatoms. The van der Waals surface area contributed by atoms with Crippen molar-refractivity contribution in [3.63, 3.8) is 0 Å². The van der Waals surface area contributed by atoms with Gasteiger partial charge in [0, 0.05) is 32.1 Å². The zero-order valence-electron chi connectivity index (χ0n) is 18.4. The average Bonchev–Trinajstić information content (AvgIpc) is 3.53. The maximum absolute atomic E-state index is 12.6. The van der Waals surface area contributed by atoms with Crippen LogP contribution in [0.3, 0.4) is 0 Å². The van der Waals surface area contributed by atoms with E-state index in [0.29, 0.717) is 12.4 Å². The van der Waals surface area contributed by atoms with E-state index in [1.807, 2.05) is 31.2 Å². The minimum absolute atomic E-state index is 0.00468. The van der Waals surface area contributed by atoms with Gasteiger partial charge in [0.05, 0.1) is 19.1 Å². The Bertz CT molecular complexity index is 923. The lowest BCUT2D eigenvalue weighted by Gasteiger charge is -2.21. The molecule has 2 atom stereocenters. The highest BCUT2D eigenvalue weighted by Crippen LogP contribution is 2.30. The molecule has 2 aliphatic rings. The predicted molar refractivity (Wildman–Crippen MR) is 118 cm³/mol. The highest BCUT2D eigenvalue weighted by atomic mass is 19.3. The van der Waals surface area contributed by atoms with E-state index in [9.17, 15) is 13.6 Å². The van der Waals surface area contributed by atoms with Crippen molar-refractivity contribution in [1.29, 1.82) is 0 Å². The number of alkyl halides is 2. The second-order valence-corrected chi connectivity index (χ2v) is 8.53. The average molecular weight is 446 g/mol. The number of halogens is 2. The summed E-state index contributed by atoms with van der Waals surface area (Å²) in [4.78, 5) is 23.9. The maximum atomic E-state index is 12.6. The molecule has 32 heavy (non-hydrogen) atoms. The van der Waals surface area contributed by atoms with Crippen molar-refractivity contribution in [3.05, 3.63) is 42.1 Å². The molecule has 7 nitrogen and oxygen atoms in total. The van der Waals surface area contributed by atoms with Crippen molar-refractivity contribution < 1.29 is 18.3 Å². The number of anilines is 2. The van der Waals surface area contributed by atoms with Gasteiger partial charge in [-0.1, -0.05) is 12.1 Å². The summed E-state index contributed by atoms with van der Waals surface area (Å²) in [5.74, 6) is 2.10. The molecule has 1 amide bonds. The van der Waals surface area contributed by atoms with Crippen molar-refractivity contribution >= 4 is 17.7 Å². The molecule has 172 valence electrons. The molecule has 1 N–H and O–H groups in total. The predicted octanol–water partition coefficient (Wildman–Crippen LogP) is 3.42. The van der Waals surface area contributed by atoms with Gasteiger partial charge in [-0.05, 0) is 43.5 Å². The van der Waals surface area contributed by atoms with Crippen LogP contribution in [0.2, 0.25) is 0 Å². The van der Waals surface area contributed by atoms with Gasteiger partial charge in [-0.2, -0.15) is 4.98 Å². The highest BCUT2D eigenvalue weighted by molar-refractivity contribution is 5.81. The van der Waals surface area contributed by atoms with Gasteiger partial charge >= 0.3 is 0 Å². The van der Waals surface area contributed by atoms with Crippen LogP contribution >= 0.6 is 0 Å². The summed E-state index contributed by atoms with van der Waals surface area (Å²) in [5.41, 5.74) is 1.04. The van der Waals surface area contributed by atoms with Gasteiger partial charge in [0.2, 0.25) is 11.9 Å². The van der Waals surface area contributed by atoms with Crippen LogP contribution in [-0.4, -0.2) is 55.1 Å². The normalized spacial score (nSPS) is 19.2. The van der Waals surface area contributed by atoms with Crippen molar-refractivity contribution in [2.75, 3.05) is 36.5 Å². The number of carbonyl (C=O) groups is 1. The first-order valence-corrected chi connectivity index (χ1v) is 11.0. The van der Waals surface area contributed by atoms with Gasteiger partial charge in [-0.3, -0.25) is 4.79 Å². The fraction of sp³-hybridized carbons (Fsp3) is 0.522. The summed E-state index contributed by atoms with van der Waals surface area (Å²) in [6, 6.07) is 9.58. The molecule has 2 aromatic rings. The Balaban J connectivity index is 1.31. The van der Waals surface area contributed by atoms with Crippen LogP contribution in [-0.2, 0) is 4.79 Å². The number of hydrogen-bond acceptors (Lipinski definition) is 6. The number of nitrogens with one attached hydrogen (secondary N) is 1. The molecular weight excluding hydrogens is 416 g/mol. The first-order chi connectivity index (χ1) is 15.4. The topological polar surface area (TPSA) is 70.6 Å². The van der Waals surface area contributed by atoms with Crippen LogP contribution in [0, 0.1) is 5.92 Å². The minimum Gasteiger partial charge on any atom is -0.489 e. The van der Waals surface area contributed by atoms with Gasteiger partial charge < -0.3 is 19.9 Å². The smallest absolute Gasteiger partial charge is 0.255 e. The third kappa shape index (κ3) is 5.63.